The van der Waals surface area contributed by atoms with E-state index < -0.39 is 10.8 Å². The minimum Gasteiger partial charge on any atom is -0.482 e. The molecule has 32 heavy (non-hydrogen) atoms. The first-order valence-corrected chi connectivity index (χ1v) is 10.1. The highest BCUT2D eigenvalue weighted by Gasteiger charge is 2.31. The highest BCUT2D eigenvalue weighted by Crippen LogP contribution is 2.35. The molecule has 11 heteroatoms. The van der Waals surface area contributed by atoms with Gasteiger partial charge in [0.1, 0.15) is 24.2 Å². The molecule has 0 N–H and O–H groups in total. The van der Waals surface area contributed by atoms with E-state index in [0.717, 1.165) is 0 Å². The topological polar surface area (TPSA) is 133 Å². The number of nitrogens with zero attached hydrogens (tertiary/aromatic N) is 6. The summed E-state index contributed by atoms with van der Waals surface area (Å²) in [6, 6.07) is 9.52. The van der Waals surface area contributed by atoms with Crippen molar-refractivity contribution >= 4 is 29.0 Å². The van der Waals surface area contributed by atoms with E-state index in [1.54, 1.807) is 23.2 Å². The van der Waals surface area contributed by atoms with Gasteiger partial charge in [-0.15, -0.1) is 0 Å². The highest BCUT2D eigenvalue weighted by atomic mass is 16.6. The van der Waals surface area contributed by atoms with Crippen LogP contribution < -0.4 is 14.5 Å². The number of ether oxygens (including phenoxy) is 1. The van der Waals surface area contributed by atoms with Gasteiger partial charge in [0.25, 0.3) is 11.6 Å². The van der Waals surface area contributed by atoms with Crippen LogP contribution in [0.4, 0.5) is 17.2 Å². The van der Waals surface area contributed by atoms with Crippen LogP contribution in [-0.4, -0.2) is 66.0 Å². The van der Waals surface area contributed by atoms with E-state index in [1.165, 1.54) is 23.1 Å². The first-order chi connectivity index (χ1) is 15.5. The first-order valence-electron chi connectivity index (χ1n) is 10.1. The minimum atomic E-state index is -0.560. The molecule has 0 atom stereocenters. The fourth-order valence-corrected chi connectivity index (χ4v) is 3.83. The quantitative estimate of drug-likeness (QED) is 0.518. The molecule has 0 unspecified atom stereocenters. The average Bonchev–Trinajstić information content (AvgIpc) is 3.06. The third kappa shape index (κ3) is 4.15. The van der Waals surface area contributed by atoms with Gasteiger partial charge in [-0.05, 0) is 24.6 Å². The van der Waals surface area contributed by atoms with Crippen LogP contribution in [0.2, 0.25) is 0 Å². The van der Waals surface area contributed by atoms with Crippen LogP contribution in [0, 0.1) is 21.4 Å². The number of carbonyl (C=O) groups excluding carboxylic acids is 2. The van der Waals surface area contributed by atoms with Gasteiger partial charge in [0.05, 0.1) is 16.2 Å². The number of non-ortho nitro benzene ring substituents is 1. The molecule has 2 amide bonds. The average molecular weight is 436 g/mol. The summed E-state index contributed by atoms with van der Waals surface area (Å²) < 4.78 is 5.35. The summed E-state index contributed by atoms with van der Waals surface area (Å²) in [5.74, 6) is 0.217. The molecule has 0 aliphatic carbocycles. The molecule has 1 fully saturated rings. The summed E-state index contributed by atoms with van der Waals surface area (Å²) in [5, 5.41) is 20.5. The van der Waals surface area contributed by atoms with Crippen molar-refractivity contribution in [1.82, 2.24) is 9.88 Å². The second-order valence-electron chi connectivity index (χ2n) is 7.39. The molecular formula is C21H20N6O5. The van der Waals surface area contributed by atoms with E-state index in [4.69, 9.17) is 4.74 Å². The maximum atomic E-state index is 13.0. The van der Waals surface area contributed by atoms with Gasteiger partial charge in [0, 0.05) is 44.5 Å². The Balaban J connectivity index is 1.48. The van der Waals surface area contributed by atoms with Crippen molar-refractivity contribution in [2.75, 3.05) is 49.1 Å². The zero-order valence-electron chi connectivity index (χ0n) is 17.1. The van der Waals surface area contributed by atoms with E-state index in [1.807, 2.05) is 4.90 Å². The first kappa shape index (κ1) is 21.0. The van der Waals surface area contributed by atoms with E-state index in [0.29, 0.717) is 49.7 Å². The molecule has 11 nitrogen and oxygen atoms in total. The number of amides is 2. The summed E-state index contributed by atoms with van der Waals surface area (Å²) in [5.41, 5.74) is 0.505. The van der Waals surface area contributed by atoms with E-state index in [-0.39, 0.29) is 30.4 Å². The summed E-state index contributed by atoms with van der Waals surface area (Å²) in [4.78, 5) is 45.2. The molecule has 3 heterocycles. The lowest BCUT2D eigenvalue weighted by Gasteiger charge is -2.31. The van der Waals surface area contributed by atoms with Gasteiger partial charge >= 0.3 is 0 Å². The second-order valence-corrected chi connectivity index (χ2v) is 7.39. The van der Waals surface area contributed by atoms with Crippen LogP contribution in [0.15, 0.2) is 36.5 Å². The van der Waals surface area contributed by atoms with Crippen molar-refractivity contribution in [3.05, 3.63) is 52.2 Å². The molecule has 164 valence electrons. The molecule has 0 saturated carbocycles. The van der Waals surface area contributed by atoms with Crippen molar-refractivity contribution < 1.29 is 19.2 Å². The molecule has 0 bridgehead atoms. The van der Waals surface area contributed by atoms with Gasteiger partial charge in [-0.2, -0.15) is 5.26 Å². The Bertz CT molecular complexity index is 1110. The van der Waals surface area contributed by atoms with Crippen LogP contribution in [0.1, 0.15) is 12.0 Å². The number of fused-ring (bicyclic) bond motifs is 1. The number of carbonyl (C=O) groups is 2. The molecule has 1 saturated heterocycles. The Morgan fingerprint density at radius 3 is 2.88 bits per heavy atom. The fraction of sp³-hybridized carbons (Fsp3) is 0.333. The number of anilines is 2. The van der Waals surface area contributed by atoms with Gasteiger partial charge in [-0.25, -0.2) is 4.98 Å². The van der Waals surface area contributed by atoms with Crippen molar-refractivity contribution in [1.29, 1.82) is 5.26 Å². The number of nitriles is 1. The van der Waals surface area contributed by atoms with Crippen LogP contribution >= 0.6 is 0 Å². The predicted octanol–water partition coefficient (Wildman–Crippen LogP) is 1.33. The number of rotatable bonds is 4. The smallest absolute Gasteiger partial charge is 0.271 e. The van der Waals surface area contributed by atoms with Crippen LogP contribution in [0.25, 0.3) is 0 Å². The minimum absolute atomic E-state index is 0.187. The second kappa shape index (κ2) is 8.89. The van der Waals surface area contributed by atoms with E-state index >= 15 is 0 Å². The van der Waals surface area contributed by atoms with Gasteiger partial charge in [0.2, 0.25) is 5.91 Å². The van der Waals surface area contributed by atoms with E-state index in [9.17, 15) is 25.0 Å². The Morgan fingerprint density at radius 1 is 1.25 bits per heavy atom. The fourth-order valence-electron chi connectivity index (χ4n) is 3.83. The lowest BCUT2D eigenvalue weighted by Crippen LogP contribution is -2.47. The molecular weight excluding hydrogens is 416 g/mol. The number of benzene rings is 1. The van der Waals surface area contributed by atoms with Crippen LogP contribution in [0.3, 0.4) is 0 Å². The molecule has 2 aliphatic rings. The maximum Gasteiger partial charge on any atom is 0.271 e. The molecule has 2 aliphatic heterocycles. The third-order valence-electron chi connectivity index (χ3n) is 5.44. The summed E-state index contributed by atoms with van der Waals surface area (Å²) in [6.45, 7) is 1.56. The maximum absolute atomic E-state index is 13.0. The Morgan fingerprint density at radius 2 is 2.09 bits per heavy atom. The Hall–Kier alpha value is -4.20. The Labute approximate surface area is 183 Å². The zero-order chi connectivity index (χ0) is 22.7. The lowest BCUT2D eigenvalue weighted by molar-refractivity contribution is -0.384. The number of hydrogen-bond donors (Lipinski definition) is 0. The predicted molar refractivity (Wildman–Crippen MR) is 113 cm³/mol. The standard InChI is InChI=1S/C21H20N6O5/c22-12-15-3-1-6-23-21(15)25-8-2-7-24(9-10-25)19(28)13-26-17-11-16(27(30)31)4-5-18(17)32-14-20(26)29/h1,3-6,11H,2,7-10,13-14H2. The van der Waals surface area contributed by atoms with E-state index in [2.05, 4.69) is 11.1 Å². The van der Waals surface area contributed by atoms with Crippen molar-refractivity contribution in [2.45, 2.75) is 6.42 Å². The Kier molecular flexibility index (Phi) is 5.85. The van der Waals surface area contributed by atoms with Crippen LogP contribution in [0.5, 0.6) is 5.75 Å². The summed E-state index contributed by atoms with van der Waals surface area (Å²) in [7, 11) is 0. The van der Waals surface area contributed by atoms with Crippen molar-refractivity contribution in [3.8, 4) is 11.8 Å². The largest absolute Gasteiger partial charge is 0.482 e. The van der Waals surface area contributed by atoms with Crippen molar-refractivity contribution in [2.24, 2.45) is 0 Å². The lowest BCUT2D eigenvalue weighted by atomic mass is 10.2. The van der Waals surface area contributed by atoms with Gasteiger partial charge < -0.3 is 14.5 Å². The third-order valence-corrected chi connectivity index (χ3v) is 5.44. The highest BCUT2D eigenvalue weighted by molar-refractivity contribution is 6.02. The van der Waals surface area contributed by atoms with Gasteiger partial charge in [-0.3, -0.25) is 24.6 Å². The molecule has 0 radical (unpaired) electrons. The normalized spacial score (nSPS) is 16.0. The van der Waals surface area contributed by atoms with Gasteiger partial charge in [0.15, 0.2) is 6.61 Å². The number of hydrogen-bond acceptors (Lipinski definition) is 8. The molecule has 1 aromatic heterocycles. The van der Waals surface area contributed by atoms with Crippen LogP contribution in [-0.2, 0) is 9.59 Å². The molecule has 0 spiro atoms. The molecule has 4 rings (SSSR count). The van der Waals surface area contributed by atoms with Gasteiger partial charge in [-0.1, -0.05) is 0 Å². The SMILES string of the molecule is N#Cc1cccnc1N1CCCN(C(=O)CN2C(=O)COc3ccc([N+](=O)[O-])cc32)CC1. The summed E-state index contributed by atoms with van der Waals surface area (Å²) in [6.07, 6.45) is 2.30. The monoisotopic (exact) mass is 436 g/mol. The molecule has 1 aromatic carbocycles. The number of pyridine rings is 1. The number of aromatic nitrogens is 1. The molecule has 2 aromatic rings. The number of nitro groups is 1. The zero-order valence-corrected chi connectivity index (χ0v) is 17.1. The van der Waals surface area contributed by atoms with Crippen molar-refractivity contribution in [3.63, 3.8) is 0 Å². The number of nitro benzene ring substituents is 1. The summed E-state index contributed by atoms with van der Waals surface area (Å²) >= 11 is 0.